The van der Waals surface area contributed by atoms with Gasteiger partial charge in [-0.05, 0) is 54.3 Å². The first-order chi connectivity index (χ1) is 15.6. The highest BCUT2D eigenvalue weighted by atomic mass is 16.5. The number of benzene rings is 2. The smallest absolute Gasteiger partial charge is 0.339 e. The number of nitrogens with one attached hydrogen (secondary N) is 1. The number of rotatable bonds is 7. The number of nitrogens with zero attached hydrogens (tertiary/aromatic N) is 1. The summed E-state index contributed by atoms with van der Waals surface area (Å²) in [5.74, 6) is 0.472. The number of ether oxygens (including phenoxy) is 1. The maximum atomic E-state index is 12.9. The molecule has 1 unspecified atom stereocenters. The van der Waals surface area contributed by atoms with Gasteiger partial charge in [0.2, 0.25) is 5.91 Å². The second-order valence-electron chi connectivity index (χ2n) is 7.55. The lowest BCUT2D eigenvalue weighted by atomic mass is 9.98. The van der Waals surface area contributed by atoms with Gasteiger partial charge < -0.3 is 14.5 Å². The monoisotopic (exact) mass is 428 g/mol. The minimum absolute atomic E-state index is 0.149. The lowest BCUT2D eigenvalue weighted by Crippen LogP contribution is -2.30. The number of aromatic nitrogens is 1. The third-order valence-corrected chi connectivity index (χ3v) is 5.57. The lowest BCUT2D eigenvalue weighted by Gasteiger charge is -2.20. The fourth-order valence-electron chi connectivity index (χ4n) is 3.82. The van der Waals surface area contributed by atoms with Gasteiger partial charge in [-0.3, -0.25) is 9.78 Å². The van der Waals surface area contributed by atoms with Crippen LogP contribution in [0.5, 0.6) is 5.75 Å². The third kappa shape index (κ3) is 4.54. The predicted octanol–water partition coefficient (Wildman–Crippen LogP) is 4.34. The second-order valence-corrected chi connectivity index (χ2v) is 7.55. The zero-order valence-electron chi connectivity index (χ0n) is 18.0. The molecule has 2 heterocycles. The van der Waals surface area contributed by atoms with Crippen LogP contribution in [0.1, 0.15) is 34.7 Å². The number of carbonyl (C=O) groups excluding carboxylic acids is 1. The summed E-state index contributed by atoms with van der Waals surface area (Å²) in [7, 11) is 1.56. The summed E-state index contributed by atoms with van der Waals surface area (Å²) in [5, 5.41) is 3.93. The Morgan fingerprint density at radius 2 is 1.78 bits per heavy atom. The molecule has 0 aliphatic carbocycles. The van der Waals surface area contributed by atoms with E-state index in [9.17, 15) is 9.59 Å². The van der Waals surface area contributed by atoms with Gasteiger partial charge in [-0.1, -0.05) is 30.3 Å². The molecule has 1 atom stereocenters. The molecule has 4 aromatic rings. The summed E-state index contributed by atoms with van der Waals surface area (Å²) >= 11 is 0. The van der Waals surface area contributed by atoms with E-state index in [0.29, 0.717) is 23.3 Å². The number of hydrogen-bond donors (Lipinski definition) is 1. The molecular weight excluding hydrogens is 404 g/mol. The summed E-state index contributed by atoms with van der Waals surface area (Å²) in [6, 6.07) is 18.6. The quantitative estimate of drug-likeness (QED) is 0.443. The fraction of sp³-hybridized carbons (Fsp3) is 0.192. The molecule has 6 nitrogen and oxygen atoms in total. The molecule has 0 aliphatic heterocycles. The first-order valence-electron chi connectivity index (χ1n) is 10.4. The molecule has 4 rings (SSSR count). The molecule has 0 spiro atoms. The maximum Gasteiger partial charge on any atom is 0.339 e. The van der Waals surface area contributed by atoms with Crippen LogP contribution in [0.25, 0.3) is 11.0 Å². The molecule has 2 aromatic heterocycles. The summed E-state index contributed by atoms with van der Waals surface area (Å²) in [5.41, 5.74) is 3.29. The number of fused-ring (bicyclic) bond motifs is 1. The minimum Gasteiger partial charge on any atom is -0.497 e. The van der Waals surface area contributed by atoms with Gasteiger partial charge in [0.05, 0.1) is 13.2 Å². The molecule has 0 saturated carbocycles. The first kappa shape index (κ1) is 21.3. The van der Waals surface area contributed by atoms with Crippen LogP contribution in [-0.4, -0.2) is 18.0 Å². The van der Waals surface area contributed by atoms with Gasteiger partial charge in [-0.15, -0.1) is 0 Å². The molecule has 0 aliphatic rings. The topological polar surface area (TPSA) is 81.4 Å². The van der Waals surface area contributed by atoms with Gasteiger partial charge in [0, 0.05) is 35.8 Å². The van der Waals surface area contributed by atoms with Crippen LogP contribution in [0.4, 0.5) is 0 Å². The molecule has 0 saturated heterocycles. The van der Waals surface area contributed by atoms with Crippen LogP contribution in [0.3, 0.4) is 0 Å². The standard InChI is InChI=1S/C26H24N2O4/c1-17-21-9-8-20(31-2)16-23(21)32-26(30)22(17)10-11-24(29)28-25(18-6-4-3-5-7-18)19-12-14-27-15-13-19/h3-9,12-16,25H,10-11H2,1-2H3,(H,28,29). The largest absolute Gasteiger partial charge is 0.497 e. The normalized spacial score (nSPS) is 11.8. The zero-order valence-corrected chi connectivity index (χ0v) is 18.0. The number of amides is 1. The number of carbonyl (C=O) groups is 1. The number of hydrogen-bond acceptors (Lipinski definition) is 5. The Hall–Kier alpha value is -3.93. The van der Waals surface area contributed by atoms with Crippen molar-refractivity contribution in [1.82, 2.24) is 10.3 Å². The van der Waals surface area contributed by atoms with Crippen molar-refractivity contribution in [3.63, 3.8) is 0 Å². The Kier molecular flexibility index (Phi) is 6.31. The molecule has 32 heavy (non-hydrogen) atoms. The van der Waals surface area contributed by atoms with Gasteiger partial charge >= 0.3 is 5.63 Å². The van der Waals surface area contributed by atoms with Crippen molar-refractivity contribution in [3.8, 4) is 5.75 Å². The molecule has 2 aromatic carbocycles. The van der Waals surface area contributed by atoms with Gasteiger partial charge in [0.1, 0.15) is 11.3 Å². The Bertz CT molecular complexity index is 1240. The minimum atomic E-state index is -0.426. The van der Waals surface area contributed by atoms with E-state index >= 15 is 0 Å². The molecule has 0 bridgehead atoms. The molecule has 6 heteroatoms. The molecule has 0 radical (unpaired) electrons. The SMILES string of the molecule is COc1ccc2c(C)c(CCC(=O)NC(c3ccccc3)c3ccncc3)c(=O)oc2c1. The van der Waals surface area contributed by atoms with Gasteiger partial charge in [0.15, 0.2) is 0 Å². The van der Waals surface area contributed by atoms with Crippen LogP contribution in [0, 0.1) is 6.92 Å². The predicted molar refractivity (Wildman–Crippen MR) is 123 cm³/mol. The van der Waals surface area contributed by atoms with Crippen molar-refractivity contribution in [2.45, 2.75) is 25.8 Å². The van der Waals surface area contributed by atoms with Crippen molar-refractivity contribution in [2.75, 3.05) is 7.11 Å². The van der Waals surface area contributed by atoms with E-state index < -0.39 is 5.63 Å². The van der Waals surface area contributed by atoms with Crippen molar-refractivity contribution < 1.29 is 13.9 Å². The van der Waals surface area contributed by atoms with E-state index in [0.717, 1.165) is 22.1 Å². The van der Waals surface area contributed by atoms with Gasteiger partial charge in [-0.2, -0.15) is 0 Å². The molecule has 162 valence electrons. The zero-order chi connectivity index (χ0) is 22.5. The second kappa shape index (κ2) is 9.47. The Morgan fingerprint density at radius 3 is 2.50 bits per heavy atom. The highest BCUT2D eigenvalue weighted by Crippen LogP contribution is 2.25. The highest BCUT2D eigenvalue weighted by Gasteiger charge is 2.18. The molecule has 1 N–H and O–H groups in total. The third-order valence-electron chi connectivity index (χ3n) is 5.57. The van der Waals surface area contributed by atoms with E-state index in [2.05, 4.69) is 10.3 Å². The van der Waals surface area contributed by atoms with Crippen LogP contribution >= 0.6 is 0 Å². The van der Waals surface area contributed by atoms with Crippen molar-refractivity contribution >= 4 is 16.9 Å². The lowest BCUT2D eigenvalue weighted by molar-refractivity contribution is -0.121. The van der Waals surface area contributed by atoms with Gasteiger partial charge in [0.25, 0.3) is 0 Å². The van der Waals surface area contributed by atoms with Crippen molar-refractivity contribution in [2.24, 2.45) is 0 Å². The average Bonchev–Trinajstić information content (AvgIpc) is 2.83. The Balaban J connectivity index is 1.54. The molecule has 1 amide bonds. The average molecular weight is 428 g/mol. The number of methoxy groups -OCH3 is 1. The number of pyridine rings is 1. The van der Waals surface area contributed by atoms with E-state index in [4.69, 9.17) is 9.15 Å². The summed E-state index contributed by atoms with van der Waals surface area (Å²) < 4.78 is 10.7. The van der Waals surface area contributed by atoms with E-state index in [1.165, 1.54) is 0 Å². The van der Waals surface area contributed by atoms with Gasteiger partial charge in [-0.25, -0.2) is 4.79 Å². The van der Waals surface area contributed by atoms with E-state index in [1.54, 1.807) is 25.6 Å². The van der Waals surface area contributed by atoms with Crippen LogP contribution < -0.4 is 15.7 Å². The van der Waals surface area contributed by atoms with Crippen molar-refractivity contribution in [3.05, 3.63) is 106 Å². The summed E-state index contributed by atoms with van der Waals surface area (Å²) in [6.45, 7) is 1.88. The van der Waals surface area contributed by atoms with E-state index in [-0.39, 0.29) is 18.4 Å². The first-order valence-corrected chi connectivity index (χ1v) is 10.4. The maximum absolute atomic E-state index is 12.9. The van der Waals surface area contributed by atoms with Crippen LogP contribution in [0.15, 0.2) is 82.3 Å². The highest BCUT2D eigenvalue weighted by molar-refractivity contribution is 5.83. The fourth-order valence-corrected chi connectivity index (χ4v) is 3.82. The van der Waals surface area contributed by atoms with E-state index in [1.807, 2.05) is 61.5 Å². The summed E-state index contributed by atoms with van der Waals surface area (Å²) in [6.07, 6.45) is 3.87. The molecular formula is C26H24N2O4. The Labute approximate surface area is 185 Å². The summed E-state index contributed by atoms with van der Waals surface area (Å²) in [4.78, 5) is 29.5. The van der Waals surface area contributed by atoms with Crippen LogP contribution in [-0.2, 0) is 11.2 Å². The molecule has 0 fully saturated rings. The Morgan fingerprint density at radius 1 is 1.06 bits per heavy atom. The van der Waals surface area contributed by atoms with Crippen LogP contribution in [0.2, 0.25) is 0 Å². The van der Waals surface area contributed by atoms with Crippen molar-refractivity contribution in [1.29, 1.82) is 0 Å². The number of aryl methyl sites for hydroxylation is 1.